The molecule has 0 radical (unpaired) electrons. The Morgan fingerprint density at radius 1 is 1.12 bits per heavy atom. The molecule has 5 nitrogen and oxygen atoms in total. The Kier molecular flexibility index (Phi) is 5.81. The maximum atomic E-state index is 9.89. The third kappa shape index (κ3) is 3.70. The minimum Gasteiger partial charge on any atom is -0.508 e. The fourth-order valence-electron chi connectivity index (χ4n) is 3.51. The van der Waals surface area contributed by atoms with Gasteiger partial charge in [0.15, 0.2) is 6.29 Å². The molecule has 3 rings (SSSR count). The molecular weight excluding hydrogens is 328 g/mol. The molecule has 1 aromatic heterocycles. The molecule has 140 valence electrons. The fourth-order valence-corrected chi connectivity index (χ4v) is 3.51. The van der Waals surface area contributed by atoms with Crippen LogP contribution in [0.5, 0.6) is 5.75 Å². The summed E-state index contributed by atoms with van der Waals surface area (Å²) in [5.41, 5.74) is 5.84. The molecule has 0 unspecified atom stereocenters. The quantitative estimate of drug-likeness (QED) is 0.531. The first-order chi connectivity index (χ1) is 12.5. The van der Waals surface area contributed by atoms with E-state index >= 15 is 0 Å². The SMILES string of the molecule is CCOC(CNCc1cc(C)c2[nH]c3ccc(O)cc3c2c1C)OCC. The summed E-state index contributed by atoms with van der Waals surface area (Å²) in [5, 5.41) is 15.6. The maximum absolute atomic E-state index is 9.89. The fraction of sp³-hybridized carbons (Fsp3) is 0.429. The van der Waals surface area contributed by atoms with E-state index in [2.05, 4.69) is 30.2 Å². The van der Waals surface area contributed by atoms with Crippen molar-refractivity contribution in [2.24, 2.45) is 0 Å². The van der Waals surface area contributed by atoms with E-state index in [9.17, 15) is 5.11 Å². The predicted octanol–water partition coefficient (Wildman–Crippen LogP) is 4.13. The molecule has 0 aliphatic heterocycles. The number of hydrogen-bond donors (Lipinski definition) is 3. The zero-order valence-electron chi connectivity index (χ0n) is 16.0. The van der Waals surface area contributed by atoms with Crippen molar-refractivity contribution in [1.29, 1.82) is 0 Å². The summed E-state index contributed by atoms with van der Waals surface area (Å²) in [5.74, 6) is 0.287. The lowest BCUT2D eigenvalue weighted by molar-refractivity contribution is -0.133. The zero-order valence-corrected chi connectivity index (χ0v) is 16.0. The third-order valence-corrected chi connectivity index (χ3v) is 4.76. The lowest BCUT2D eigenvalue weighted by Gasteiger charge is -2.18. The summed E-state index contributed by atoms with van der Waals surface area (Å²) in [6.45, 7) is 10.9. The number of H-pyrrole nitrogens is 1. The molecule has 0 spiro atoms. The first-order valence-electron chi connectivity index (χ1n) is 9.22. The summed E-state index contributed by atoms with van der Waals surface area (Å²) < 4.78 is 11.2. The topological polar surface area (TPSA) is 66.5 Å². The summed E-state index contributed by atoms with van der Waals surface area (Å²) in [6, 6.07) is 7.69. The number of hydrogen-bond acceptors (Lipinski definition) is 4. The van der Waals surface area contributed by atoms with Crippen LogP contribution < -0.4 is 5.32 Å². The normalized spacial score (nSPS) is 11.9. The average molecular weight is 356 g/mol. The molecule has 0 saturated carbocycles. The molecule has 3 N–H and O–H groups in total. The number of nitrogens with one attached hydrogen (secondary N) is 2. The van der Waals surface area contributed by atoms with E-state index in [4.69, 9.17) is 9.47 Å². The van der Waals surface area contributed by atoms with Gasteiger partial charge in [0, 0.05) is 48.1 Å². The molecule has 0 fully saturated rings. The van der Waals surface area contributed by atoms with Crippen molar-refractivity contribution in [3.63, 3.8) is 0 Å². The summed E-state index contributed by atoms with van der Waals surface area (Å²) in [4.78, 5) is 3.48. The van der Waals surface area contributed by atoms with Crippen molar-refractivity contribution in [2.75, 3.05) is 19.8 Å². The van der Waals surface area contributed by atoms with Gasteiger partial charge >= 0.3 is 0 Å². The van der Waals surface area contributed by atoms with Crippen LogP contribution in [0.1, 0.15) is 30.5 Å². The van der Waals surface area contributed by atoms with Crippen molar-refractivity contribution < 1.29 is 14.6 Å². The van der Waals surface area contributed by atoms with Crippen molar-refractivity contribution in [3.05, 3.63) is 41.0 Å². The van der Waals surface area contributed by atoms with Gasteiger partial charge in [0.05, 0.1) is 0 Å². The van der Waals surface area contributed by atoms with Crippen molar-refractivity contribution in [1.82, 2.24) is 10.3 Å². The Balaban J connectivity index is 1.88. The van der Waals surface area contributed by atoms with E-state index in [1.165, 1.54) is 22.1 Å². The summed E-state index contributed by atoms with van der Waals surface area (Å²) in [7, 11) is 0. The van der Waals surface area contributed by atoms with E-state index in [-0.39, 0.29) is 12.0 Å². The smallest absolute Gasteiger partial charge is 0.169 e. The van der Waals surface area contributed by atoms with Crippen LogP contribution in [0.25, 0.3) is 21.8 Å². The van der Waals surface area contributed by atoms with E-state index in [0.29, 0.717) is 19.8 Å². The highest BCUT2D eigenvalue weighted by atomic mass is 16.7. The van der Waals surface area contributed by atoms with Gasteiger partial charge in [-0.1, -0.05) is 6.07 Å². The highest BCUT2D eigenvalue weighted by Crippen LogP contribution is 2.34. The summed E-state index contributed by atoms with van der Waals surface area (Å²) >= 11 is 0. The highest BCUT2D eigenvalue weighted by Gasteiger charge is 2.14. The summed E-state index contributed by atoms with van der Waals surface area (Å²) in [6.07, 6.45) is -0.222. The molecule has 0 aliphatic carbocycles. The molecule has 0 amide bonds. The number of phenolic OH excluding ortho intramolecular Hbond substituents is 1. The van der Waals surface area contributed by atoms with E-state index in [1.54, 1.807) is 6.07 Å². The number of aromatic nitrogens is 1. The highest BCUT2D eigenvalue weighted by molar-refractivity contribution is 6.10. The number of phenols is 1. The van der Waals surface area contributed by atoms with Gasteiger partial charge < -0.3 is 24.9 Å². The van der Waals surface area contributed by atoms with Crippen LogP contribution in [0.2, 0.25) is 0 Å². The molecular formula is C21H28N2O3. The van der Waals surface area contributed by atoms with Crippen LogP contribution in [0.3, 0.4) is 0 Å². The second kappa shape index (κ2) is 8.08. The molecule has 0 atom stereocenters. The van der Waals surface area contributed by atoms with Crippen LogP contribution in [-0.2, 0) is 16.0 Å². The molecule has 26 heavy (non-hydrogen) atoms. The van der Waals surface area contributed by atoms with Crippen LogP contribution in [0, 0.1) is 13.8 Å². The van der Waals surface area contributed by atoms with Gasteiger partial charge in [0.2, 0.25) is 0 Å². The van der Waals surface area contributed by atoms with Crippen molar-refractivity contribution in [2.45, 2.75) is 40.5 Å². The Morgan fingerprint density at radius 3 is 2.54 bits per heavy atom. The van der Waals surface area contributed by atoms with Gasteiger partial charge in [-0.05, 0) is 62.6 Å². The second-order valence-electron chi connectivity index (χ2n) is 6.55. The van der Waals surface area contributed by atoms with E-state index < -0.39 is 0 Å². The Morgan fingerprint density at radius 2 is 1.85 bits per heavy atom. The third-order valence-electron chi connectivity index (χ3n) is 4.76. The van der Waals surface area contributed by atoms with Gasteiger partial charge in [-0.25, -0.2) is 0 Å². The lowest BCUT2D eigenvalue weighted by atomic mass is 9.98. The second-order valence-corrected chi connectivity index (χ2v) is 6.55. The van der Waals surface area contributed by atoms with Crippen molar-refractivity contribution in [3.8, 4) is 5.75 Å². The molecule has 0 saturated heterocycles. The first kappa shape index (κ1) is 18.7. The molecule has 0 aliphatic rings. The van der Waals surface area contributed by atoms with Gasteiger partial charge in [-0.3, -0.25) is 0 Å². The number of rotatable bonds is 8. The molecule has 0 bridgehead atoms. The Bertz CT molecular complexity index is 895. The van der Waals surface area contributed by atoms with Gasteiger partial charge in [0.1, 0.15) is 5.75 Å². The standard InChI is InChI=1S/C21H28N2O3/c1-5-25-19(26-6-2)12-22-11-15-9-13(3)21-20(14(15)4)17-10-16(24)7-8-18(17)23-21/h7-10,19,22-24H,5-6,11-12H2,1-4H3. The van der Waals surface area contributed by atoms with Crippen LogP contribution in [0.4, 0.5) is 0 Å². The van der Waals surface area contributed by atoms with E-state index in [0.717, 1.165) is 23.0 Å². The number of ether oxygens (including phenoxy) is 2. The van der Waals surface area contributed by atoms with Gasteiger partial charge in [0.25, 0.3) is 0 Å². The molecule has 3 aromatic rings. The van der Waals surface area contributed by atoms with Crippen LogP contribution in [0.15, 0.2) is 24.3 Å². The molecule has 5 heteroatoms. The minimum atomic E-state index is -0.222. The Hall–Kier alpha value is -2.08. The average Bonchev–Trinajstić information content (AvgIpc) is 2.99. The minimum absolute atomic E-state index is 0.222. The predicted molar refractivity (Wildman–Crippen MR) is 106 cm³/mol. The van der Waals surface area contributed by atoms with Crippen LogP contribution >= 0.6 is 0 Å². The van der Waals surface area contributed by atoms with Crippen molar-refractivity contribution >= 4 is 21.8 Å². The number of aromatic amines is 1. The first-order valence-corrected chi connectivity index (χ1v) is 9.22. The number of aryl methyl sites for hydroxylation is 2. The Labute approximate surface area is 154 Å². The maximum Gasteiger partial charge on any atom is 0.169 e. The molecule has 1 heterocycles. The number of aromatic hydroxyl groups is 1. The lowest BCUT2D eigenvalue weighted by Crippen LogP contribution is -2.31. The monoisotopic (exact) mass is 356 g/mol. The van der Waals surface area contributed by atoms with E-state index in [1.807, 2.05) is 26.0 Å². The zero-order chi connectivity index (χ0) is 18.7. The number of fused-ring (bicyclic) bond motifs is 3. The largest absolute Gasteiger partial charge is 0.508 e. The van der Waals surface area contributed by atoms with Crippen LogP contribution in [-0.4, -0.2) is 36.1 Å². The van der Waals surface area contributed by atoms with Gasteiger partial charge in [-0.15, -0.1) is 0 Å². The molecule has 2 aromatic carbocycles. The van der Waals surface area contributed by atoms with Gasteiger partial charge in [-0.2, -0.15) is 0 Å². The number of benzene rings is 2.